The highest BCUT2D eigenvalue weighted by Gasteiger charge is 2.35. The summed E-state index contributed by atoms with van der Waals surface area (Å²) in [7, 11) is 0. The molecule has 3 nitrogen and oxygen atoms in total. The van der Waals surface area contributed by atoms with Gasteiger partial charge in [0.15, 0.2) is 5.69 Å². The quantitative estimate of drug-likeness (QED) is 0.802. The van der Waals surface area contributed by atoms with Gasteiger partial charge in [-0.15, -0.1) is 0 Å². The number of rotatable bonds is 4. The van der Waals surface area contributed by atoms with Crippen molar-refractivity contribution in [3.63, 3.8) is 0 Å². The van der Waals surface area contributed by atoms with E-state index in [9.17, 15) is 13.2 Å². The van der Waals surface area contributed by atoms with E-state index in [-0.39, 0.29) is 11.9 Å². The van der Waals surface area contributed by atoms with E-state index < -0.39 is 11.9 Å². The molecule has 0 bridgehead atoms. The van der Waals surface area contributed by atoms with E-state index in [0.29, 0.717) is 13.0 Å². The molecule has 0 spiro atoms. The first-order valence-electron chi connectivity index (χ1n) is 5.19. The maximum absolute atomic E-state index is 12.5. The SMILES string of the molecule is CCOc1cc(C(F)(F)F)nn1C(C)CC. The Balaban J connectivity index is 3.09. The summed E-state index contributed by atoms with van der Waals surface area (Å²) in [5.74, 6) is 0.171. The molecule has 0 saturated heterocycles. The molecule has 0 radical (unpaired) electrons. The van der Waals surface area contributed by atoms with Crippen molar-refractivity contribution in [1.29, 1.82) is 0 Å². The average Bonchev–Trinajstić information content (AvgIpc) is 2.61. The minimum atomic E-state index is -4.43. The normalized spacial score (nSPS) is 13.9. The molecule has 1 aromatic rings. The summed E-state index contributed by atoms with van der Waals surface area (Å²) in [4.78, 5) is 0. The van der Waals surface area contributed by atoms with Gasteiger partial charge in [-0.2, -0.15) is 18.3 Å². The van der Waals surface area contributed by atoms with Gasteiger partial charge in [-0.05, 0) is 20.3 Å². The van der Waals surface area contributed by atoms with Gasteiger partial charge in [0.1, 0.15) is 0 Å². The first kappa shape index (κ1) is 12.9. The molecular formula is C10H15F3N2O. The summed E-state index contributed by atoms with van der Waals surface area (Å²) >= 11 is 0. The Morgan fingerprint density at radius 1 is 1.44 bits per heavy atom. The van der Waals surface area contributed by atoms with E-state index in [1.165, 1.54) is 4.68 Å². The third-order valence-electron chi connectivity index (χ3n) is 2.29. The van der Waals surface area contributed by atoms with Crippen LogP contribution >= 0.6 is 0 Å². The Morgan fingerprint density at radius 2 is 2.06 bits per heavy atom. The second-order valence-electron chi connectivity index (χ2n) is 3.50. The molecule has 92 valence electrons. The fourth-order valence-corrected chi connectivity index (χ4v) is 1.26. The summed E-state index contributed by atoms with van der Waals surface area (Å²) < 4.78 is 43.8. The van der Waals surface area contributed by atoms with Gasteiger partial charge in [0.25, 0.3) is 0 Å². The summed E-state index contributed by atoms with van der Waals surface area (Å²) in [5, 5.41) is 3.54. The van der Waals surface area contributed by atoms with Gasteiger partial charge in [-0.1, -0.05) is 6.92 Å². The van der Waals surface area contributed by atoms with Crippen molar-refractivity contribution in [2.45, 2.75) is 39.4 Å². The van der Waals surface area contributed by atoms with Gasteiger partial charge in [0, 0.05) is 6.07 Å². The molecule has 1 heterocycles. The fourth-order valence-electron chi connectivity index (χ4n) is 1.26. The van der Waals surface area contributed by atoms with E-state index in [4.69, 9.17) is 4.74 Å². The highest BCUT2D eigenvalue weighted by Crippen LogP contribution is 2.32. The summed E-state index contributed by atoms with van der Waals surface area (Å²) in [6.07, 6.45) is -3.73. The lowest BCUT2D eigenvalue weighted by Gasteiger charge is -2.13. The number of aromatic nitrogens is 2. The van der Waals surface area contributed by atoms with E-state index in [1.807, 2.05) is 6.92 Å². The molecule has 1 atom stereocenters. The molecular weight excluding hydrogens is 221 g/mol. The zero-order valence-corrected chi connectivity index (χ0v) is 9.51. The van der Waals surface area contributed by atoms with Gasteiger partial charge in [0.2, 0.25) is 5.88 Å². The first-order chi connectivity index (χ1) is 7.40. The zero-order chi connectivity index (χ0) is 12.3. The molecule has 0 saturated carbocycles. The van der Waals surface area contributed by atoms with Gasteiger partial charge >= 0.3 is 6.18 Å². The molecule has 0 aliphatic carbocycles. The third kappa shape index (κ3) is 2.68. The Labute approximate surface area is 92.2 Å². The van der Waals surface area contributed by atoms with Crippen LogP contribution in [0.3, 0.4) is 0 Å². The number of hydrogen-bond acceptors (Lipinski definition) is 2. The van der Waals surface area contributed by atoms with Crippen molar-refractivity contribution in [1.82, 2.24) is 9.78 Å². The van der Waals surface area contributed by atoms with E-state index in [2.05, 4.69) is 5.10 Å². The van der Waals surface area contributed by atoms with Crippen LogP contribution in [-0.4, -0.2) is 16.4 Å². The number of hydrogen-bond donors (Lipinski definition) is 0. The van der Waals surface area contributed by atoms with E-state index >= 15 is 0 Å². The minimum absolute atomic E-state index is 0.113. The van der Waals surface area contributed by atoms with E-state index in [0.717, 1.165) is 6.07 Å². The standard InChI is InChI=1S/C10H15F3N2O/c1-4-7(3)15-9(16-5-2)6-8(14-15)10(11,12)13/h6-7H,4-5H2,1-3H3. The molecule has 16 heavy (non-hydrogen) atoms. The van der Waals surface area contributed by atoms with Crippen LogP contribution < -0.4 is 4.74 Å². The van der Waals surface area contributed by atoms with Gasteiger partial charge in [-0.3, -0.25) is 0 Å². The number of nitrogens with zero attached hydrogens (tertiary/aromatic N) is 2. The van der Waals surface area contributed by atoms with Crippen molar-refractivity contribution >= 4 is 0 Å². The Hall–Kier alpha value is -1.20. The third-order valence-corrected chi connectivity index (χ3v) is 2.29. The van der Waals surface area contributed by atoms with Crippen LogP contribution in [0.2, 0.25) is 0 Å². The van der Waals surface area contributed by atoms with Crippen LogP contribution in [0.4, 0.5) is 13.2 Å². The summed E-state index contributed by atoms with van der Waals surface area (Å²) in [6.45, 7) is 5.73. The highest BCUT2D eigenvalue weighted by molar-refractivity contribution is 5.19. The average molecular weight is 236 g/mol. The lowest BCUT2D eigenvalue weighted by atomic mass is 10.3. The first-order valence-corrected chi connectivity index (χ1v) is 5.19. The maximum Gasteiger partial charge on any atom is 0.435 e. The van der Waals surface area contributed by atoms with Crippen molar-refractivity contribution in [3.05, 3.63) is 11.8 Å². The summed E-state index contributed by atoms with van der Waals surface area (Å²) in [6, 6.07) is 0.827. The molecule has 1 aromatic heterocycles. The van der Waals surface area contributed by atoms with Crippen LogP contribution in [0.15, 0.2) is 6.07 Å². The van der Waals surface area contributed by atoms with Crippen molar-refractivity contribution in [3.8, 4) is 5.88 Å². The van der Waals surface area contributed by atoms with Crippen molar-refractivity contribution in [2.75, 3.05) is 6.61 Å². The molecule has 0 fully saturated rings. The Kier molecular flexibility index (Phi) is 3.83. The predicted molar refractivity (Wildman–Crippen MR) is 53.4 cm³/mol. The largest absolute Gasteiger partial charge is 0.478 e. The lowest BCUT2D eigenvalue weighted by molar-refractivity contribution is -0.141. The zero-order valence-electron chi connectivity index (χ0n) is 9.51. The van der Waals surface area contributed by atoms with Crippen LogP contribution in [0.5, 0.6) is 5.88 Å². The molecule has 1 unspecified atom stereocenters. The maximum atomic E-state index is 12.5. The Morgan fingerprint density at radius 3 is 2.50 bits per heavy atom. The van der Waals surface area contributed by atoms with Crippen LogP contribution in [-0.2, 0) is 6.18 Å². The van der Waals surface area contributed by atoms with Crippen LogP contribution in [0.1, 0.15) is 38.9 Å². The van der Waals surface area contributed by atoms with Crippen LogP contribution in [0.25, 0.3) is 0 Å². The predicted octanol–water partition coefficient (Wildman–Crippen LogP) is 3.27. The molecule has 0 aliphatic rings. The topological polar surface area (TPSA) is 27.1 Å². The van der Waals surface area contributed by atoms with Crippen molar-refractivity contribution < 1.29 is 17.9 Å². The number of halogens is 3. The van der Waals surface area contributed by atoms with Gasteiger partial charge < -0.3 is 4.74 Å². The Bertz CT molecular complexity index is 346. The monoisotopic (exact) mass is 236 g/mol. The van der Waals surface area contributed by atoms with Crippen LogP contribution in [0, 0.1) is 0 Å². The fraction of sp³-hybridized carbons (Fsp3) is 0.700. The molecule has 0 aromatic carbocycles. The van der Waals surface area contributed by atoms with Crippen molar-refractivity contribution in [2.24, 2.45) is 0 Å². The molecule has 0 N–H and O–H groups in total. The second kappa shape index (κ2) is 4.76. The lowest BCUT2D eigenvalue weighted by Crippen LogP contribution is -2.11. The minimum Gasteiger partial charge on any atom is -0.478 e. The smallest absolute Gasteiger partial charge is 0.435 e. The summed E-state index contributed by atoms with van der Waals surface area (Å²) in [5.41, 5.74) is -0.906. The highest BCUT2D eigenvalue weighted by atomic mass is 19.4. The molecule has 6 heteroatoms. The molecule has 0 aliphatic heterocycles. The van der Waals surface area contributed by atoms with Gasteiger partial charge in [-0.25, -0.2) is 4.68 Å². The molecule has 1 rings (SSSR count). The van der Waals surface area contributed by atoms with Gasteiger partial charge in [0.05, 0.1) is 12.6 Å². The number of ether oxygens (including phenoxy) is 1. The van der Waals surface area contributed by atoms with E-state index in [1.54, 1.807) is 13.8 Å². The second-order valence-corrected chi connectivity index (χ2v) is 3.50. The number of alkyl halides is 3. The molecule has 0 amide bonds.